The van der Waals surface area contributed by atoms with Crippen LogP contribution in [0.25, 0.3) is 0 Å². The van der Waals surface area contributed by atoms with E-state index < -0.39 is 16.5 Å². The van der Waals surface area contributed by atoms with Gasteiger partial charge in [-0.25, -0.2) is 4.79 Å². The monoisotopic (exact) mass is 231 g/mol. The first-order valence-electron chi connectivity index (χ1n) is 3.78. The van der Waals surface area contributed by atoms with Crippen molar-refractivity contribution in [3.05, 3.63) is 34.4 Å². The molecule has 0 amide bonds. The molecule has 80 valence electrons. The van der Waals surface area contributed by atoms with E-state index in [-0.39, 0.29) is 11.4 Å². The Morgan fingerprint density at radius 3 is 2.80 bits per heavy atom. The Balaban J connectivity index is 2.82. The van der Waals surface area contributed by atoms with Crippen LogP contribution in [0.2, 0.25) is 0 Å². The lowest BCUT2D eigenvalue weighted by Crippen LogP contribution is -2.20. The second-order valence-corrected chi connectivity index (χ2v) is 2.92. The first kappa shape index (κ1) is 11.3. The van der Waals surface area contributed by atoms with Gasteiger partial charge in [0.05, 0.1) is 11.0 Å². The number of carbonyl (C=O) groups is 1. The van der Waals surface area contributed by atoms with E-state index >= 15 is 0 Å². The van der Waals surface area contributed by atoms with Gasteiger partial charge in [0.1, 0.15) is 5.75 Å². The van der Waals surface area contributed by atoms with Crippen LogP contribution in [-0.2, 0) is 4.79 Å². The SMILES string of the molecule is O=C(O)C(Cl)Oc1cccc([N+](=O)[O-])c1. The number of rotatable bonds is 4. The molecule has 7 heteroatoms. The summed E-state index contributed by atoms with van der Waals surface area (Å²) < 4.78 is 4.73. The van der Waals surface area contributed by atoms with E-state index in [1.54, 1.807) is 0 Å². The van der Waals surface area contributed by atoms with Crippen LogP contribution in [0.5, 0.6) is 5.75 Å². The topological polar surface area (TPSA) is 89.7 Å². The van der Waals surface area contributed by atoms with E-state index in [2.05, 4.69) is 0 Å². The molecule has 1 unspecified atom stereocenters. The molecular formula is C8H6ClNO5. The Labute approximate surface area is 89.2 Å². The molecular weight excluding hydrogens is 226 g/mol. The quantitative estimate of drug-likeness (QED) is 0.483. The molecule has 0 aliphatic carbocycles. The van der Waals surface area contributed by atoms with Crippen molar-refractivity contribution >= 4 is 23.3 Å². The minimum Gasteiger partial charge on any atom is -0.478 e. The number of hydrogen-bond donors (Lipinski definition) is 1. The summed E-state index contributed by atoms with van der Waals surface area (Å²) in [6, 6.07) is 5.11. The van der Waals surface area contributed by atoms with Gasteiger partial charge in [-0.1, -0.05) is 17.7 Å². The third-order valence-electron chi connectivity index (χ3n) is 1.46. The number of nitro groups is 1. The molecule has 0 aromatic heterocycles. The molecule has 0 saturated carbocycles. The summed E-state index contributed by atoms with van der Waals surface area (Å²) in [4.78, 5) is 20.1. The first-order valence-corrected chi connectivity index (χ1v) is 4.22. The molecule has 1 rings (SSSR count). The molecule has 1 atom stereocenters. The van der Waals surface area contributed by atoms with Crippen LogP contribution in [0.4, 0.5) is 5.69 Å². The highest BCUT2D eigenvalue weighted by atomic mass is 35.5. The van der Waals surface area contributed by atoms with E-state index in [9.17, 15) is 14.9 Å². The Hall–Kier alpha value is -1.82. The predicted octanol–water partition coefficient (Wildman–Crippen LogP) is 1.62. The van der Waals surface area contributed by atoms with Crippen LogP contribution in [0, 0.1) is 10.1 Å². The molecule has 0 spiro atoms. The zero-order valence-electron chi connectivity index (χ0n) is 7.29. The van der Waals surface area contributed by atoms with Crippen LogP contribution in [0.3, 0.4) is 0 Å². The lowest BCUT2D eigenvalue weighted by molar-refractivity contribution is -0.384. The summed E-state index contributed by atoms with van der Waals surface area (Å²) in [6.07, 6.45) is 0. The molecule has 0 heterocycles. The molecule has 0 aliphatic rings. The second kappa shape index (κ2) is 4.61. The number of aliphatic carboxylic acids is 1. The fourth-order valence-electron chi connectivity index (χ4n) is 0.840. The summed E-state index contributed by atoms with van der Waals surface area (Å²) in [5.41, 5.74) is -1.76. The predicted molar refractivity (Wildman–Crippen MR) is 51.0 cm³/mol. The molecule has 1 N–H and O–H groups in total. The van der Waals surface area contributed by atoms with Crippen LogP contribution in [0.1, 0.15) is 0 Å². The lowest BCUT2D eigenvalue weighted by atomic mass is 10.3. The van der Waals surface area contributed by atoms with Crippen molar-refractivity contribution < 1.29 is 19.6 Å². The van der Waals surface area contributed by atoms with Gasteiger partial charge >= 0.3 is 5.97 Å². The Bertz CT molecular complexity index is 394. The van der Waals surface area contributed by atoms with Gasteiger partial charge in [0.2, 0.25) is 0 Å². The van der Waals surface area contributed by atoms with Crippen molar-refractivity contribution in [2.75, 3.05) is 0 Å². The number of ether oxygens (including phenoxy) is 1. The van der Waals surface area contributed by atoms with Crippen LogP contribution >= 0.6 is 11.6 Å². The standard InChI is InChI=1S/C8H6ClNO5/c9-7(8(11)12)15-6-3-1-2-5(4-6)10(13)14/h1-4,7H,(H,11,12). The highest BCUT2D eigenvalue weighted by Crippen LogP contribution is 2.20. The third kappa shape index (κ3) is 3.10. The van der Waals surface area contributed by atoms with E-state index in [0.29, 0.717) is 0 Å². The molecule has 0 bridgehead atoms. The van der Waals surface area contributed by atoms with Crippen LogP contribution < -0.4 is 4.74 Å². The smallest absolute Gasteiger partial charge is 0.360 e. The number of hydrogen-bond acceptors (Lipinski definition) is 4. The van der Waals surface area contributed by atoms with E-state index in [1.165, 1.54) is 18.2 Å². The fourth-order valence-corrected chi connectivity index (χ4v) is 0.943. The number of nitrogens with zero attached hydrogens (tertiary/aromatic N) is 1. The Kier molecular flexibility index (Phi) is 3.46. The fraction of sp³-hybridized carbons (Fsp3) is 0.125. The molecule has 0 radical (unpaired) electrons. The maximum atomic E-state index is 10.4. The number of alkyl halides is 1. The van der Waals surface area contributed by atoms with Crippen molar-refractivity contribution in [1.29, 1.82) is 0 Å². The number of halogens is 1. The third-order valence-corrected chi connectivity index (χ3v) is 1.74. The van der Waals surface area contributed by atoms with E-state index in [1.807, 2.05) is 0 Å². The maximum absolute atomic E-state index is 10.4. The van der Waals surface area contributed by atoms with E-state index in [4.69, 9.17) is 21.4 Å². The molecule has 1 aromatic rings. The zero-order chi connectivity index (χ0) is 11.4. The number of benzene rings is 1. The highest BCUT2D eigenvalue weighted by molar-refractivity contribution is 6.28. The maximum Gasteiger partial charge on any atom is 0.360 e. The highest BCUT2D eigenvalue weighted by Gasteiger charge is 2.16. The number of carboxylic acids is 1. The van der Waals surface area contributed by atoms with Gasteiger partial charge in [-0.05, 0) is 6.07 Å². The van der Waals surface area contributed by atoms with Crippen molar-refractivity contribution in [3.8, 4) is 5.75 Å². The van der Waals surface area contributed by atoms with Gasteiger partial charge in [0.25, 0.3) is 11.3 Å². The minimum atomic E-state index is -1.56. The van der Waals surface area contributed by atoms with E-state index in [0.717, 1.165) is 6.07 Å². The second-order valence-electron chi connectivity index (χ2n) is 2.53. The average Bonchev–Trinajstić information content (AvgIpc) is 2.18. The number of carboxylic acid groups (broad SMARTS) is 1. The minimum absolute atomic E-state index is 0.0339. The molecule has 0 fully saturated rings. The van der Waals surface area contributed by atoms with Gasteiger partial charge < -0.3 is 9.84 Å². The van der Waals surface area contributed by atoms with Gasteiger partial charge in [-0.3, -0.25) is 10.1 Å². The summed E-state index contributed by atoms with van der Waals surface area (Å²) in [6.45, 7) is 0. The van der Waals surface area contributed by atoms with Crippen molar-refractivity contribution in [2.45, 2.75) is 5.56 Å². The van der Waals surface area contributed by atoms with Gasteiger partial charge in [0, 0.05) is 6.07 Å². The normalized spacial score (nSPS) is 11.8. The van der Waals surface area contributed by atoms with Crippen LogP contribution in [-0.4, -0.2) is 21.6 Å². The Morgan fingerprint density at radius 1 is 1.60 bits per heavy atom. The molecule has 15 heavy (non-hydrogen) atoms. The Morgan fingerprint density at radius 2 is 2.27 bits per heavy atom. The van der Waals surface area contributed by atoms with Gasteiger partial charge in [0.15, 0.2) is 0 Å². The average molecular weight is 232 g/mol. The lowest BCUT2D eigenvalue weighted by Gasteiger charge is -2.07. The summed E-state index contributed by atoms with van der Waals surface area (Å²) in [5.74, 6) is -1.32. The van der Waals surface area contributed by atoms with Crippen molar-refractivity contribution in [3.63, 3.8) is 0 Å². The zero-order valence-corrected chi connectivity index (χ0v) is 8.05. The molecule has 0 aliphatic heterocycles. The largest absolute Gasteiger partial charge is 0.478 e. The van der Waals surface area contributed by atoms with Crippen molar-refractivity contribution in [2.24, 2.45) is 0 Å². The summed E-state index contributed by atoms with van der Waals surface area (Å²) in [5, 5.41) is 18.8. The number of nitro benzene ring substituents is 1. The van der Waals surface area contributed by atoms with Gasteiger partial charge in [-0.15, -0.1) is 0 Å². The van der Waals surface area contributed by atoms with Crippen LogP contribution in [0.15, 0.2) is 24.3 Å². The first-order chi connectivity index (χ1) is 7.00. The molecule has 0 saturated heterocycles. The molecule has 6 nitrogen and oxygen atoms in total. The summed E-state index contributed by atoms with van der Waals surface area (Å²) in [7, 11) is 0. The summed E-state index contributed by atoms with van der Waals surface area (Å²) >= 11 is 5.29. The van der Waals surface area contributed by atoms with Gasteiger partial charge in [-0.2, -0.15) is 0 Å². The molecule has 1 aromatic carbocycles. The number of non-ortho nitro benzene ring substituents is 1. The van der Waals surface area contributed by atoms with Crippen molar-refractivity contribution in [1.82, 2.24) is 0 Å².